The number of rotatable bonds is 7. The van der Waals surface area contributed by atoms with Gasteiger partial charge in [-0.15, -0.1) is 0 Å². The third-order valence-electron chi connectivity index (χ3n) is 5.90. The highest BCUT2D eigenvalue weighted by atomic mass is 35.5. The number of ether oxygens (including phenoxy) is 2. The van der Waals surface area contributed by atoms with Gasteiger partial charge in [0.25, 0.3) is 11.8 Å². The summed E-state index contributed by atoms with van der Waals surface area (Å²) in [6.07, 6.45) is 0.464. The number of para-hydroxylation sites is 1. The SMILES string of the molecule is COc1ccc(C(=O)N(C)CC(=O)N2N=C(c3ccccc3Cl)CC2c2ccccc2OC)cc1. The first-order valence-corrected chi connectivity index (χ1v) is 11.5. The molecule has 3 aromatic carbocycles. The third-order valence-corrected chi connectivity index (χ3v) is 6.23. The van der Waals surface area contributed by atoms with Crippen LogP contribution < -0.4 is 9.47 Å². The number of amides is 2. The minimum absolute atomic E-state index is 0.143. The molecule has 0 bridgehead atoms. The molecule has 0 saturated carbocycles. The molecule has 0 spiro atoms. The van der Waals surface area contributed by atoms with Crippen LogP contribution in [0, 0.1) is 0 Å². The van der Waals surface area contributed by atoms with Crippen LogP contribution in [-0.2, 0) is 4.79 Å². The smallest absolute Gasteiger partial charge is 0.262 e. The van der Waals surface area contributed by atoms with Crippen molar-refractivity contribution in [2.75, 3.05) is 27.8 Å². The van der Waals surface area contributed by atoms with Crippen molar-refractivity contribution in [3.05, 3.63) is 94.5 Å². The molecule has 1 aliphatic rings. The molecule has 0 radical (unpaired) electrons. The summed E-state index contributed by atoms with van der Waals surface area (Å²) in [5, 5.41) is 6.67. The number of halogens is 1. The van der Waals surface area contributed by atoms with E-state index in [1.165, 1.54) is 9.91 Å². The average molecular weight is 492 g/mol. The van der Waals surface area contributed by atoms with E-state index >= 15 is 0 Å². The molecular weight excluding hydrogens is 466 g/mol. The lowest BCUT2D eigenvalue weighted by molar-refractivity contribution is -0.133. The third kappa shape index (κ3) is 5.15. The van der Waals surface area contributed by atoms with Crippen LogP contribution in [0.2, 0.25) is 5.02 Å². The van der Waals surface area contributed by atoms with Crippen LogP contribution in [0.4, 0.5) is 0 Å². The second-order valence-electron chi connectivity index (χ2n) is 8.12. The highest BCUT2D eigenvalue weighted by Gasteiger charge is 2.36. The first-order valence-electron chi connectivity index (χ1n) is 11.1. The number of benzene rings is 3. The minimum Gasteiger partial charge on any atom is -0.497 e. The summed E-state index contributed by atoms with van der Waals surface area (Å²) >= 11 is 6.43. The standard InChI is InChI=1S/C27H26ClN3O4/c1-30(27(33)18-12-14-19(34-2)15-13-18)17-26(32)31-24(21-9-5-7-11-25(21)35-3)16-23(29-31)20-8-4-6-10-22(20)28/h4-15,24H,16-17H2,1-3H3. The van der Waals surface area contributed by atoms with E-state index in [0.29, 0.717) is 34.2 Å². The number of likely N-dealkylation sites (N-methyl/N-ethyl adjacent to an activating group) is 1. The van der Waals surface area contributed by atoms with Crippen molar-refractivity contribution in [1.82, 2.24) is 9.91 Å². The molecule has 1 atom stereocenters. The van der Waals surface area contributed by atoms with Crippen molar-refractivity contribution >= 4 is 29.1 Å². The van der Waals surface area contributed by atoms with Gasteiger partial charge < -0.3 is 14.4 Å². The zero-order valence-corrected chi connectivity index (χ0v) is 20.5. The highest BCUT2D eigenvalue weighted by molar-refractivity contribution is 6.34. The van der Waals surface area contributed by atoms with Crippen molar-refractivity contribution in [2.45, 2.75) is 12.5 Å². The van der Waals surface area contributed by atoms with Crippen LogP contribution in [0.5, 0.6) is 11.5 Å². The number of carbonyl (C=O) groups is 2. The zero-order chi connectivity index (χ0) is 24.9. The second kappa shape index (κ2) is 10.6. The average Bonchev–Trinajstić information content (AvgIpc) is 3.33. The Hall–Kier alpha value is -3.84. The first kappa shape index (κ1) is 24.3. The van der Waals surface area contributed by atoms with Crippen LogP contribution >= 0.6 is 11.6 Å². The Morgan fingerprint density at radius 2 is 1.69 bits per heavy atom. The summed E-state index contributed by atoms with van der Waals surface area (Å²) in [6, 6.07) is 21.3. The topological polar surface area (TPSA) is 71.4 Å². The van der Waals surface area contributed by atoms with Gasteiger partial charge in [0.1, 0.15) is 18.0 Å². The Balaban J connectivity index is 1.61. The number of hydrogen-bond donors (Lipinski definition) is 0. The number of methoxy groups -OCH3 is 2. The predicted molar refractivity (Wildman–Crippen MR) is 135 cm³/mol. The van der Waals surface area contributed by atoms with Crippen molar-refractivity contribution in [2.24, 2.45) is 5.10 Å². The molecule has 0 aromatic heterocycles. The maximum absolute atomic E-state index is 13.5. The predicted octanol–water partition coefficient (Wildman–Crippen LogP) is 4.81. The lowest BCUT2D eigenvalue weighted by Gasteiger charge is -2.26. The van der Waals surface area contributed by atoms with E-state index in [-0.39, 0.29) is 18.4 Å². The molecule has 180 valence electrons. The number of hydrogen-bond acceptors (Lipinski definition) is 5. The fourth-order valence-corrected chi connectivity index (χ4v) is 4.33. The molecule has 1 unspecified atom stereocenters. The summed E-state index contributed by atoms with van der Waals surface area (Å²) in [5.41, 5.74) is 2.76. The van der Waals surface area contributed by atoms with Crippen LogP contribution in [0.25, 0.3) is 0 Å². The van der Waals surface area contributed by atoms with Gasteiger partial charge in [0, 0.05) is 35.2 Å². The van der Waals surface area contributed by atoms with Crippen molar-refractivity contribution in [3.63, 3.8) is 0 Å². The van der Waals surface area contributed by atoms with Gasteiger partial charge >= 0.3 is 0 Å². The number of nitrogens with zero attached hydrogens (tertiary/aromatic N) is 3. The van der Waals surface area contributed by atoms with Crippen molar-refractivity contribution < 1.29 is 19.1 Å². The van der Waals surface area contributed by atoms with Crippen LogP contribution in [0.1, 0.15) is 33.9 Å². The van der Waals surface area contributed by atoms with Gasteiger partial charge in [0.2, 0.25) is 0 Å². The lowest BCUT2D eigenvalue weighted by Crippen LogP contribution is -2.39. The molecule has 7 nitrogen and oxygen atoms in total. The normalized spacial score (nSPS) is 14.9. The van der Waals surface area contributed by atoms with E-state index in [1.54, 1.807) is 51.6 Å². The van der Waals surface area contributed by atoms with Gasteiger partial charge in [-0.05, 0) is 36.4 Å². The first-order chi connectivity index (χ1) is 16.9. The van der Waals surface area contributed by atoms with Crippen LogP contribution in [0.15, 0.2) is 77.9 Å². The summed E-state index contributed by atoms with van der Waals surface area (Å²) in [4.78, 5) is 27.8. The molecule has 1 heterocycles. The Labute approximate surface area is 209 Å². The Kier molecular flexibility index (Phi) is 7.36. The number of carbonyl (C=O) groups excluding carboxylic acids is 2. The zero-order valence-electron chi connectivity index (χ0n) is 19.8. The molecule has 8 heteroatoms. The lowest BCUT2D eigenvalue weighted by atomic mass is 9.97. The van der Waals surface area contributed by atoms with Gasteiger partial charge in [0.05, 0.1) is 26.0 Å². The molecule has 3 aromatic rings. The Morgan fingerprint density at radius 1 is 1.00 bits per heavy atom. The maximum atomic E-state index is 13.5. The van der Waals surface area contributed by atoms with Crippen molar-refractivity contribution in [3.8, 4) is 11.5 Å². The van der Waals surface area contributed by atoms with E-state index in [2.05, 4.69) is 5.10 Å². The summed E-state index contributed by atoms with van der Waals surface area (Å²) in [5.74, 6) is 0.726. The Morgan fingerprint density at radius 3 is 2.37 bits per heavy atom. The van der Waals surface area contributed by atoms with E-state index in [4.69, 9.17) is 21.1 Å². The van der Waals surface area contributed by atoms with Gasteiger partial charge in [0.15, 0.2) is 0 Å². The quantitative estimate of drug-likeness (QED) is 0.475. The molecule has 0 aliphatic carbocycles. The molecule has 0 fully saturated rings. The molecule has 0 N–H and O–H groups in total. The van der Waals surface area contributed by atoms with Crippen LogP contribution in [-0.4, -0.2) is 55.2 Å². The van der Waals surface area contributed by atoms with Crippen molar-refractivity contribution in [1.29, 1.82) is 0 Å². The fourth-order valence-electron chi connectivity index (χ4n) is 4.08. The van der Waals surface area contributed by atoms with Crippen LogP contribution in [0.3, 0.4) is 0 Å². The highest BCUT2D eigenvalue weighted by Crippen LogP contribution is 2.38. The van der Waals surface area contributed by atoms with E-state index in [9.17, 15) is 9.59 Å². The minimum atomic E-state index is -0.394. The summed E-state index contributed by atoms with van der Waals surface area (Å²) in [7, 11) is 4.75. The maximum Gasteiger partial charge on any atom is 0.262 e. The summed E-state index contributed by atoms with van der Waals surface area (Å²) < 4.78 is 10.7. The second-order valence-corrected chi connectivity index (χ2v) is 8.52. The largest absolute Gasteiger partial charge is 0.497 e. The monoisotopic (exact) mass is 491 g/mol. The van der Waals surface area contributed by atoms with E-state index in [0.717, 1.165) is 11.1 Å². The Bertz CT molecular complexity index is 1260. The molecule has 0 saturated heterocycles. The van der Waals surface area contributed by atoms with E-state index < -0.39 is 6.04 Å². The molecule has 4 rings (SSSR count). The van der Waals surface area contributed by atoms with Gasteiger partial charge in [-0.3, -0.25) is 9.59 Å². The fraction of sp³-hybridized carbons (Fsp3) is 0.222. The molecular formula is C27H26ClN3O4. The molecule has 2 amide bonds. The number of hydrazone groups is 1. The van der Waals surface area contributed by atoms with Gasteiger partial charge in [-0.2, -0.15) is 5.10 Å². The summed E-state index contributed by atoms with van der Waals surface area (Å²) in [6.45, 7) is -0.143. The molecule has 35 heavy (non-hydrogen) atoms. The van der Waals surface area contributed by atoms with E-state index in [1.807, 2.05) is 42.5 Å². The van der Waals surface area contributed by atoms with Gasteiger partial charge in [-0.1, -0.05) is 48.0 Å². The van der Waals surface area contributed by atoms with Gasteiger partial charge in [-0.25, -0.2) is 5.01 Å². The molecule has 1 aliphatic heterocycles.